The SMILES string of the molecule is O=C(O)Cn1ccc2cc(NC(=O)C3CC4CCC3O4)ccc21. The summed E-state index contributed by atoms with van der Waals surface area (Å²) in [5.74, 6) is -0.918. The minimum Gasteiger partial charge on any atom is -0.480 e. The molecule has 120 valence electrons. The first-order valence-corrected chi connectivity index (χ1v) is 7.87. The van der Waals surface area contributed by atoms with Crippen molar-refractivity contribution in [2.24, 2.45) is 5.92 Å². The van der Waals surface area contributed by atoms with E-state index >= 15 is 0 Å². The highest BCUT2D eigenvalue weighted by molar-refractivity contribution is 5.95. The molecule has 2 saturated heterocycles. The lowest BCUT2D eigenvalue weighted by atomic mass is 9.88. The number of aromatic nitrogens is 1. The molecule has 3 unspecified atom stereocenters. The number of rotatable bonds is 4. The Morgan fingerprint density at radius 2 is 2.17 bits per heavy atom. The summed E-state index contributed by atoms with van der Waals surface area (Å²) >= 11 is 0. The van der Waals surface area contributed by atoms with Crippen LogP contribution in [0, 0.1) is 5.92 Å². The average molecular weight is 314 g/mol. The van der Waals surface area contributed by atoms with E-state index in [0.717, 1.165) is 35.9 Å². The van der Waals surface area contributed by atoms with Gasteiger partial charge in [0.1, 0.15) is 6.54 Å². The van der Waals surface area contributed by atoms with Gasteiger partial charge in [-0.3, -0.25) is 9.59 Å². The van der Waals surface area contributed by atoms with Crippen molar-refractivity contribution in [2.45, 2.75) is 38.0 Å². The molecule has 2 aromatic rings. The van der Waals surface area contributed by atoms with Gasteiger partial charge in [-0.15, -0.1) is 0 Å². The molecule has 6 nitrogen and oxygen atoms in total. The Hall–Kier alpha value is -2.34. The summed E-state index contributed by atoms with van der Waals surface area (Å²) < 4.78 is 7.41. The predicted molar refractivity (Wildman–Crippen MR) is 84.2 cm³/mol. The third-order valence-electron chi connectivity index (χ3n) is 4.79. The van der Waals surface area contributed by atoms with Crippen LogP contribution in [-0.4, -0.2) is 33.8 Å². The molecule has 3 atom stereocenters. The summed E-state index contributed by atoms with van der Waals surface area (Å²) in [6, 6.07) is 7.38. The highest BCUT2D eigenvalue weighted by atomic mass is 16.5. The van der Waals surface area contributed by atoms with E-state index in [2.05, 4.69) is 5.32 Å². The Balaban J connectivity index is 1.51. The van der Waals surface area contributed by atoms with Gasteiger partial charge in [0.25, 0.3) is 0 Å². The Labute approximate surface area is 133 Å². The monoisotopic (exact) mass is 314 g/mol. The van der Waals surface area contributed by atoms with Crippen molar-refractivity contribution in [1.29, 1.82) is 0 Å². The van der Waals surface area contributed by atoms with Gasteiger partial charge in [0, 0.05) is 22.8 Å². The number of fused-ring (bicyclic) bond motifs is 3. The van der Waals surface area contributed by atoms with Gasteiger partial charge in [0.2, 0.25) is 5.91 Å². The summed E-state index contributed by atoms with van der Waals surface area (Å²) in [5.41, 5.74) is 1.58. The van der Waals surface area contributed by atoms with Gasteiger partial charge >= 0.3 is 5.97 Å². The van der Waals surface area contributed by atoms with Gasteiger partial charge in [-0.05, 0) is 43.5 Å². The number of nitrogens with one attached hydrogen (secondary N) is 1. The molecule has 2 bridgehead atoms. The van der Waals surface area contributed by atoms with E-state index in [1.165, 1.54) is 0 Å². The summed E-state index contributed by atoms with van der Waals surface area (Å²) in [6.07, 6.45) is 4.92. The zero-order valence-corrected chi connectivity index (χ0v) is 12.6. The molecule has 0 spiro atoms. The maximum atomic E-state index is 12.4. The van der Waals surface area contributed by atoms with Crippen LogP contribution < -0.4 is 5.32 Å². The summed E-state index contributed by atoms with van der Waals surface area (Å²) in [6.45, 7) is -0.0717. The minimum atomic E-state index is -0.879. The standard InChI is InChI=1S/C17H18N2O4/c20-16(21)9-19-6-5-10-7-11(1-3-14(10)19)18-17(22)13-8-12-2-4-15(13)23-12/h1,3,5-7,12-13,15H,2,4,8-9H2,(H,18,22)(H,20,21). The summed E-state index contributed by atoms with van der Waals surface area (Å²) in [7, 11) is 0. The number of ether oxygens (including phenoxy) is 1. The van der Waals surface area contributed by atoms with Gasteiger partial charge in [-0.1, -0.05) is 0 Å². The van der Waals surface area contributed by atoms with Gasteiger partial charge in [-0.25, -0.2) is 0 Å². The molecule has 2 aliphatic rings. The number of anilines is 1. The second-order valence-electron chi connectivity index (χ2n) is 6.32. The van der Waals surface area contributed by atoms with E-state index in [1.807, 2.05) is 24.3 Å². The second-order valence-corrected chi connectivity index (χ2v) is 6.32. The van der Waals surface area contributed by atoms with E-state index in [4.69, 9.17) is 9.84 Å². The fourth-order valence-corrected chi connectivity index (χ4v) is 3.71. The molecule has 0 radical (unpaired) electrons. The quantitative estimate of drug-likeness (QED) is 0.907. The second kappa shape index (κ2) is 5.38. The highest BCUT2D eigenvalue weighted by Gasteiger charge is 2.44. The van der Waals surface area contributed by atoms with Crippen LogP contribution >= 0.6 is 0 Å². The lowest BCUT2D eigenvalue weighted by Gasteiger charge is -2.18. The topological polar surface area (TPSA) is 80.6 Å². The zero-order chi connectivity index (χ0) is 16.0. The molecular weight excluding hydrogens is 296 g/mol. The van der Waals surface area contributed by atoms with Gasteiger partial charge in [-0.2, -0.15) is 0 Å². The van der Waals surface area contributed by atoms with Crippen LogP contribution in [0.3, 0.4) is 0 Å². The molecule has 1 aromatic carbocycles. The Morgan fingerprint density at radius 3 is 2.87 bits per heavy atom. The number of carbonyl (C=O) groups is 2. The normalized spacial score (nSPS) is 25.8. The molecule has 1 aromatic heterocycles. The van der Waals surface area contributed by atoms with Crippen LogP contribution in [0.5, 0.6) is 0 Å². The summed E-state index contributed by atoms with van der Waals surface area (Å²) in [5, 5.41) is 12.8. The summed E-state index contributed by atoms with van der Waals surface area (Å²) in [4.78, 5) is 23.3. The van der Waals surface area contributed by atoms with Crippen LogP contribution in [0.4, 0.5) is 5.69 Å². The van der Waals surface area contributed by atoms with Crippen LogP contribution in [0.15, 0.2) is 30.5 Å². The molecule has 23 heavy (non-hydrogen) atoms. The molecule has 4 rings (SSSR count). The molecule has 3 heterocycles. The first-order chi connectivity index (χ1) is 11.1. The number of hydrogen-bond acceptors (Lipinski definition) is 3. The lowest BCUT2D eigenvalue weighted by Crippen LogP contribution is -2.30. The smallest absolute Gasteiger partial charge is 0.323 e. The molecule has 2 fully saturated rings. The zero-order valence-electron chi connectivity index (χ0n) is 12.6. The van der Waals surface area contributed by atoms with E-state index in [9.17, 15) is 9.59 Å². The van der Waals surface area contributed by atoms with Crippen molar-refractivity contribution in [2.75, 3.05) is 5.32 Å². The molecule has 2 N–H and O–H groups in total. The van der Waals surface area contributed by atoms with E-state index in [0.29, 0.717) is 0 Å². The third kappa shape index (κ3) is 2.59. The number of carboxylic acids is 1. The first kappa shape index (κ1) is 14.3. The van der Waals surface area contributed by atoms with Crippen molar-refractivity contribution in [3.8, 4) is 0 Å². The van der Waals surface area contributed by atoms with Crippen molar-refractivity contribution in [1.82, 2.24) is 4.57 Å². The number of hydrogen-bond donors (Lipinski definition) is 2. The lowest BCUT2D eigenvalue weighted by molar-refractivity contribution is -0.137. The fraction of sp³-hybridized carbons (Fsp3) is 0.412. The van der Waals surface area contributed by atoms with Crippen LogP contribution in [0.25, 0.3) is 10.9 Å². The van der Waals surface area contributed by atoms with Crippen molar-refractivity contribution >= 4 is 28.5 Å². The number of carbonyl (C=O) groups excluding carboxylic acids is 1. The maximum absolute atomic E-state index is 12.4. The fourth-order valence-electron chi connectivity index (χ4n) is 3.71. The van der Waals surface area contributed by atoms with Gasteiger partial charge < -0.3 is 19.7 Å². The van der Waals surface area contributed by atoms with E-state index in [1.54, 1.807) is 10.8 Å². The highest BCUT2D eigenvalue weighted by Crippen LogP contribution is 2.39. The maximum Gasteiger partial charge on any atom is 0.323 e. The van der Waals surface area contributed by atoms with E-state index < -0.39 is 5.97 Å². The molecule has 1 amide bonds. The largest absolute Gasteiger partial charge is 0.480 e. The molecule has 0 aliphatic carbocycles. The van der Waals surface area contributed by atoms with Crippen molar-refractivity contribution in [3.63, 3.8) is 0 Å². The molecule has 0 saturated carbocycles. The number of carboxylic acid groups (broad SMARTS) is 1. The van der Waals surface area contributed by atoms with Crippen molar-refractivity contribution in [3.05, 3.63) is 30.5 Å². The average Bonchev–Trinajstić information content (AvgIpc) is 3.22. The van der Waals surface area contributed by atoms with Crippen LogP contribution in [-0.2, 0) is 20.9 Å². The predicted octanol–water partition coefficient (Wildman–Crippen LogP) is 2.23. The number of amides is 1. The number of nitrogens with zero attached hydrogens (tertiary/aromatic N) is 1. The first-order valence-electron chi connectivity index (χ1n) is 7.87. The van der Waals surface area contributed by atoms with E-state index in [-0.39, 0.29) is 30.6 Å². The van der Waals surface area contributed by atoms with Crippen molar-refractivity contribution < 1.29 is 19.4 Å². The van der Waals surface area contributed by atoms with Crippen LogP contribution in [0.2, 0.25) is 0 Å². The van der Waals surface area contributed by atoms with Gasteiger partial charge in [0.15, 0.2) is 0 Å². The number of aliphatic carboxylic acids is 1. The Morgan fingerprint density at radius 1 is 1.30 bits per heavy atom. The third-order valence-corrected chi connectivity index (χ3v) is 4.79. The number of benzene rings is 1. The molecular formula is C17H18N2O4. The van der Waals surface area contributed by atoms with Crippen LogP contribution in [0.1, 0.15) is 19.3 Å². The molecule has 6 heteroatoms. The minimum absolute atomic E-state index is 0.0153. The Bertz CT molecular complexity index is 782. The Kier molecular flexibility index (Phi) is 3.34. The van der Waals surface area contributed by atoms with Gasteiger partial charge in [0.05, 0.1) is 18.1 Å². The molecule has 2 aliphatic heterocycles.